The first kappa shape index (κ1) is 17.4. The van der Waals surface area contributed by atoms with Crippen molar-refractivity contribution in [2.75, 3.05) is 29.9 Å². The molecule has 2 N–H and O–H groups in total. The zero-order valence-corrected chi connectivity index (χ0v) is 15.1. The quantitative estimate of drug-likeness (QED) is 0.739. The Morgan fingerprint density at radius 3 is 3.00 bits per heavy atom. The van der Waals surface area contributed by atoms with Crippen molar-refractivity contribution in [2.45, 2.75) is 19.9 Å². The Morgan fingerprint density at radius 2 is 2.26 bits per heavy atom. The van der Waals surface area contributed by atoms with Gasteiger partial charge in [0.25, 0.3) is 5.91 Å². The van der Waals surface area contributed by atoms with Crippen LogP contribution in [-0.4, -0.2) is 41.6 Å². The molecule has 3 heterocycles. The second-order valence-corrected chi connectivity index (χ2v) is 6.70. The van der Waals surface area contributed by atoms with Crippen molar-refractivity contribution in [1.29, 1.82) is 0 Å². The van der Waals surface area contributed by atoms with Gasteiger partial charge in [0.2, 0.25) is 0 Å². The summed E-state index contributed by atoms with van der Waals surface area (Å²) in [4.78, 5) is 23.0. The Morgan fingerprint density at radius 1 is 1.41 bits per heavy atom. The zero-order chi connectivity index (χ0) is 19.0. The van der Waals surface area contributed by atoms with Crippen LogP contribution < -0.4 is 15.5 Å². The van der Waals surface area contributed by atoms with E-state index in [0.717, 1.165) is 25.5 Å². The summed E-state index contributed by atoms with van der Waals surface area (Å²) in [5, 5.41) is 6.06. The van der Waals surface area contributed by atoms with Crippen LogP contribution in [0, 0.1) is 12.7 Å². The minimum Gasteiger partial charge on any atom is -0.441 e. The molecule has 27 heavy (non-hydrogen) atoms. The average Bonchev–Trinajstić information content (AvgIpc) is 3.03. The molecule has 1 unspecified atom stereocenters. The molecule has 8 heteroatoms. The number of piperazine rings is 1. The van der Waals surface area contributed by atoms with E-state index in [2.05, 4.69) is 32.4 Å². The largest absolute Gasteiger partial charge is 0.441 e. The average molecular weight is 369 g/mol. The number of pyridine rings is 1. The first-order valence-electron chi connectivity index (χ1n) is 8.82. The second kappa shape index (κ2) is 6.96. The van der Waals surface area contributed by atoms with Crippen LogP contribution in [0.1, 0.15) is 23.2 Å². The number of hydrogen-bond acceptors (Lipinski definition) is 6. The van der Waals surface area contributed by atoms with Crippen molar-refractivity contribution >= 4 is 28.5 Å². The fourth-order valence-electron chi connectivity index (χ4n) is 3.22. The number of amides is 1. The molecule has 140 valence electrons. The van der Waals surface area contributed by atoms with E-state index in [0.29, 0.717) is 28.8 Å². The van der Waals surface area contributed by atoms with Gasteiger partial charge in [-0.05, 0) is 25.1 Å². The molecule has 0 spiro atoms. The third-order valence-corrected chi connectivity index (χ3v) is 4.52. The molecular weight excluding hydrogens is 349 g/mol. The lowest BCUT2D eigenvalue weighted by Crippen LogP contribution is -2.49. The maximum absolute atomic E-state index is 14.1. The normalized spacial score (nSPS) is 17.3. The minimum absolute atomic E-state index is 0.154. The minimum atomic E-state index is -0.541. The Hall–Kier alpha value is -3.00. The van der Waals surface area contributed by atoms with Crippen LogP contribution in [0.3, 0.4) is 0 Å². The number of nitrogens with zero attached hydrogens (tertiary/aromatic N) is 3. The molecule has 1 aliphatic rings. The van der Waals surface area contributed by atoms with E-state index in [1.807, 2.05) is 6.07 Å². The molecule has 0 radical (unpaired) electrons. The van der Waals surface area contributed by atoms with Gasteiger partial charge in [0.1, 0.15) is 11.3 Å². The van der Waals surface area contributed by atoms with E-state index in [1.54, 1.807) is 19.1 Å². The number of halogens is 1. The van der Waals surface area contributed by atoms with E-state index in [1.165, 1.54) is 12.3 Å². The summed E-state index contributed by atoms with van der Waals surface area (Å²) >= 11 is 0. The Balaban J connectivity index is 1.49. The molecule has 7 nitrogen and oxygen atoms in total. The third-order valence-electron chi connectivity index (χ3n) is 4.52. The van der Waals surface area contributed by atoms with Gasteiger partial charge in [-0.2, -0.15) is 0 Å². The summed E-state index contributed by atoms with van der Waals surface area (Å²) in [5.41, 5.74) is 1.16. The molecule has 1 amide bonds. The number of fused-ring (bicyclic) bond motifs is 1. The number of benzene rings is 1. The van der Waals surface area contributed by atoms with Crippen molar-refractivity contribution in [3.8, 4) is 0 Å². The van der Waals surface area contributed by atoms with Crippen LogP contribution in [0.5, 0.6) is 0 Å². The summed E-state index contributed by atoms with van der Waals surface area (Å²) in [6.45, 7) is 6.41. The van der Waals surface area contributed by atoms with Crippen LogP contribution in [0.2, 0.25) is 0 Å². The lowest BCUT2D eigenvalue weighted by molar-refractivity contribution is 0.102. The van der Waals surface area contributed by atoms with E-state index < -0.39 is 5.82 Å². The molecule has 3 aromatic rings. The highest BCUT2D eigenvalue weighted by atomic mass is 19.1. The molecule has 0 saturated carbocycles. The smallest absolute Gasteiger partial charge is 0.257 e. The highest BCUT2D eigenvalue weighted by molar-refractivity contribution is 6.04. The van der Waals surface area contributed by atoms with Gasteiger partial charge in [-0.1, -0.05) is 0 Å². The monoisotopic (exact) mass is 369 g/mol. The molecule has 0 aliphatic carbocycles. The topological polar surface area (TPSA) is 83.3 Å². The van der Waals surface area contributed by atoms with Crippen molar-refractivity contribution in [1.82, 2.24) is 15.3 Å². The third kappa shape index (κ3) is 3.61. The maximum atomic E-state index is 14.1. The van der Waals surface area contributed by atoms with Crippen LogP contribution in [-0.2, 0) is 0 Å². The lowest BCUT2D eigenvalue weighted by Gasteiger charge is -2.32. The molecule has 2 aromatic heterocycles. The Kier molecular flexibility index (Phi) is 4.49. The van der Waals surface area contributed by atoms with Crippen molar-refractivity contribution in [3.63, 3.8) is 0 Å². The predicted molar refractivity (Wildman–Crippen MR) is 101 cm³/mol. The van der Waals surface area contributed by atoms with E-state index in [9.17, 15) is 9.18 Å². The number of aromatic nitrogens is 2. The molecular formula is C19H20FN5O2. The molecule has 1 saturated heterocycles. The summed E-state index contributed by atoms with van der Waals surface area (Å²) in [5.74, 6) is 0.303. The van der Waals surface area contributed by atoms with Gasteiger partial charge in [0, 0.05) is 50.6 Å². The van der Waals surface area contributed by atoms with Gasteiger partial charge >= 0.3 is 0 Å². The highest BCUT2D eigenvalue weighted by Crippen LogP contribution is 2.24. The van der Waals surface area contributed by atoms with Crippen molar-refractivity contribution < 1.29 is 13.6 Å². The molecule has 1 fully saturated rings. The highest BCUT2D eigenvalue weighted by Gasteiger charge is 2.18. The van der Waals surface area contributed by atoms with Crippen LogP contribution in [0.25, 0.3) is 11.1 Å². The van der Waals surface area contributed by atoms with Gasteiger partial charge in [0.05, 0.1) is 5.56 Å². The van der Waals surface area contributed by atoms with Crippen molar-refractivity contribution in [2.24, 2.45) is 0 Å². The predicted octanol–water partition coefficient (Wildman–Crippen LogP) is 2.72. The second-order valence-electron chi connectivity index (χ2n) is 6.70. The SMILES string of the molecule is Cc1nc2c(F)cc(NC(=O)c3ccc(N4CCNC(C)C4)nc3)cc2o1. The van der Waals surface area contributed by atoms with Gasteiger partial charge in [-0.25, -0.2) is 14.4 Å². The Labute approximate surface area is 155 Å². The number of nitrogens with one attached hydrogen (secondary N) is 2. The fraction of sp³-hybridized carbons (Fsp3) is 0.316. The summed E-state index contributed by atoms with van der Waals surface area (Å²) < 4.78 is 19.4. The molecule has 1 aliphatic heterocycles. The molecule has 0 bridgehead atoms. The van der Waals surface area contributed by atoms with E-state index >= 15 is 0 Å². The number of anilines is 2. The maximum Gasteiger partial charge on any atom is 0.257 e. The van der Waals surface area contributed by atoms with Crippen LogP contribution in [0.15, 0.2) is 34.9 Å². The standard InChI is InChI=1S/C19H20FN5O2/c1-11-10-25(6-5-21-11)17-4-3-13(9-22-17)19(26)24-14-7-15(20)18-16(8-14)27-12(2)23-18/h3-4,7-9,11,21H,5-6,10H2,1-2H3,(H,24,26). The number of carbonyl (C=O) groups is 1. The van der Waals surface area contributed by atoms with Gasteiger partial charge in [-0.3, -0.25) is 4.79 Å². The fourth-order valence-corrected chi connectivity index (χ4v) is 3.22. The lowest BCUT2D eigenvalue weighted by atomic mass is 10.2. The van der Waals surface area contributed by atoms with Gasteiger partial charge in [0.15, 0.2) is 17.3 Å². The van der Waals surface area contributed by atoms with Gasteiger partial charge in [-0.15, -0.1) is 0 Å². The van der Waals surface area contributed by atoms with E-state index in [4.69, 9.17) is 4.42 Å². The van der Waals surface area contributed by atoms with Gasteiger partial charge < -0.3 is 20.0 Å². The number of oxazole rings is 1. The van der Waals surface area contributed by atoms with Crippen LogP contribution in [0.4, 0.5) is 15.9 Å². The zero-order valence-electron chi connectivity index (χ0n) is 15.1. The number of hydrogen-bond donors (Lipinski definition) is 2. The molecule has 1 atom stereocenters. The Bertz CT molecular complexity index is 986. The summed E-state index contributed by atoms with van der Waals surface area (Å²) in [6.07, 6.45) is 1.53. The van der Waals surface area contributed by atoms with Crippen LogP contribution >= 0.6 is 0 Å². The molecule has 1 aromatic carbocycles. The van der Waals surface area contributed by atoms with E-state index in [-0.39, 0.29) is 11.4 Å². The van der Waals surface area contributed by atoms with Crippen molar-refractivity contribution in [3.05, 3.63) is 47.7 Å². The number of carbonyl (C=O) groups excluding carboxylic acids is 1. The summed E-state index contributed by atoms with van der Waals surface area (Å²) in [7, 11) is 0. The first-order valence-corrected chi connectivity index (χ1v) is 8.82. The molecule has 4 rings (SSSR count). The number of aryl methyl sites for hydroxylation is 1. The number of rotatable bonds is 3. The first-order chi connectivity index (χ1) is 13.0. The summed E-state index contributed by atoms with van der Waals surface area (Å²) in [6, 6.07) is 6.73.